The summed E-state index contributed by atoms with van der Waals surface area (Å²) in [5.74, 6) is 0. The van der Waals surface area contributed by atoms with E-state index in [0.717, 1.165) is 0 Å². The average Bonchev–Trinajstić information content (AvgIpc) is 3.92. The molecule has 13 aromatic carbocycles. The number of anilines is 6. The summed E-state index contributed by atoms with van der Waals surface area (Å²) in [6.45, 7) is 5.13. The van der Waals surface area contributed by atoms with E-state index in [4.69, 9.17) is 0 Å². The van der Waals surface area contributed by atoms with Gasteiger partial charge in [0, 0.05) is 34.1 Å². The smallest absolute Gasteiger partial charge is 0.152 e. The minimum Gasteiger partial charge on any atom is -0.311 e. The highest BCUT2D eigenvalue weighted by molar-refractivity contribution is 7.16. The van der Waals surface area contributed by atoms with Gasteiger partial charge in [0.05, 0.1) is 0 Å². The quantitative estimate of drug-likeness (QED) is 0.0985. The van der Waals surface area contributed by atoms with Crippen molar-refractivity contribution >= 4 is 124 Å². The van der Waals surface area contributed by atoms with Crippen molar-refractivity contribution in [2.45, 2.75) is 13.1 Å². The van der Waals surface area contributed by atoms with Gasteiger partial charge in [-0.2, -0.15) is 0 Å². The molecule has 0 saturated heterocycles. The Kier molecular flexibility index (Phi) is 7.96. The second-order valence-electron chi connectivity index (χ2n) is 21.3. The molecule has 2 atom stereocenters. The van der Waals surface area contributed by atoms with Crippen molar-refractivity contribution in [3.05, 3.63) is 243 Å². The summed E-state index contributed by atoms with van der Waals surface area (Å²) in [7, 11) is -4.45. The van der Waals surface area contributed by atoms with Gasteiger partial charge in [0.15, 0.2) is 16.1 Å². The molecule has 0 saturated carbocycles. The van der Waals surface area contributed by atoms with Crippen molar-refractivity contribution in [1.82, 2.24) is 0 Å². The number of hydrogen-bond donors (Lipinski definition) is 0. The van der Waals surface area contributed by atoms with E-state index >= 15 is 0 Å². The molecule has 2 unspecified atom stereocenters. The standard InChI is InChI=1S/C70H46N2Si2/c1-73-61-25-9-5-15-51(61)55-19-13-23-59(69(55)73)71(57-21-7-11-27-63(57)73)47-37-31-43(32-38-47)49-41-35-45-29-30-46-36-42-50(68-54-18-4-3-17-53(54)67(49)65(45)66(46)68)44-33-39-48(40-34-44)72-58-22-8-12-28-64(58)74(2)62-26-10-6-16-52(62)56-20-14-24-60(72)70(56)74/h3-42H,1-2H3. The van der Waals surface area contributed by atoms with Crippen molar-refractivity contribution in [2.24, 2.45) is 0 Å². The van der Waals surface area contributed by atoms with E-state index in [1.165, 1.54) is 153 Å². The van der Waals surface area contributed by atoms with Crippen LogP contribution in [0.1, 0.15) is 0 Å². The molecule has 13 aromatic rings. The van der Waals surface area contributed by atoms with Gasteiger partial charge < -0.3 is 9.80 Å². The molecular weight excluding hydrogens is 925 g/mol. The number of benzene rings is 13. The van der Waals surface area contributed by atoms with Gasteiger partial charge in [0.25, 0.3) is 0 Å². The van der Waals surface area contributed by atoms with E-state index in [1.807, 2.05) is 0 Å². The molecule has 4 heterocycles. The van der Waals surface area contributed by atoms with Gasteiger partial charge in [-0.15, -0.1) is 0 Å². The molecule has 2 nitrogen and oxygen atoms in total. The highest BCUT2D eigenvalue weighted by atomic mass is 28.3. The molecule has 4 aliphatic rings. The number of fused-ring (bicyclic) bond motifs is 13. The third-order valence-corrected chi connectivity index (χ3v) is 27.0. The zero-order valence-electron chi connectivity index (χ0n) is 41.0. The Bertz CT molecular complexity index is 4300. The Labute approximate surface area is 432 Å². The summed E-state index contributed by atoms with van der Waals surface area (Å²) >= 11 is 0. The fraction of sp³-hybridized carbons (Fsp3) is 0.0286. The Hall–Kier alpha value is -8.81. The van der Waals surface area contributed by atoms with Crippen LogP contribution in [0, 0.1) is 0 Å². The summed E-state index contributed by atoms with van der Waals surface area (Å²) in [6, 6.07) is 92.7. The molecule has 0 bridgehead atoms. The van der Waals surface area contributed by atoms with E-state index in [1.54, 1.807) is 0 Å². The molecule has 344 valence electrons. The maximum absolute atomic E-state index is 2.57. The lowest BCUT2D eigenvalue weighted by atomic mass is 9.83. The highest BCUT2D eigenvalue weighted by Gasteiger charge is 2.51. The Morgan fingerprint density at radius 1 is 0.257 bits per heavy atom. The van der Waals surface area contributed by atoms with Crippen LogP contribution in [0.2, 0.25) is 13.1 Å². The monoisotopic (exact) mass is 970 g/mol. The Morgan fingerprint density at radius 3 is 1.05 bits per heavy atom. The summed E-state index contributed by atoms with van der Waals surface area (Å²) < 4.78 is 0. The molecule has 0 aromatic heterocycles. The van der Waals surface area contributed by atoms with Gasteiger partial charge in [-0.05, 0) is 167 Å². The van der Waals surface area contributed by atoms with Crippen molar-refractivity contribution in [3.63, 3.8) is 0 Å². The van der Waals surface area contributed by atoms with E-state index in [2.05, 4.69) is 266 Å². The zero-order chi connectivity index (χ0) is 48.6. The van der Waals surface area contributed by atoms with Crippen LogP contribution in [0.5, 0.6) is 0 Å². The van der Waals surface area contributed by atoms with Crippen LogP contribution in [-0.2, 0) is 0 Å². The topological polar surface area (TPSA) is 6.48 Å². The second kappa shape index (κ2) is 14.5. The summed E-state index contributed by atoms with van der Waals surface area (Å²) in [6.07, 6.45) is 0. The van der Waals surface area contributed by atoms with Crippen molar-refractivity contribution in [2.75, 3.05) is 9.80 Å². The molecule has 0 radical (unpaired) electrons. The predicted molar refractivity (Wildman–Crippen MR) is 320 cm³/mol. The molecule has 4 aliphatic heterocycles. The van der Waals surface area contributed by atoms with Gasteiger partial charge in [-0.25, -0.2) is 0 Å². The first-order valence-electron chi connectivity index (χ1n) is 26.1. The maximum Gasteiger partial charge on any atom is 0.152 e. The lowest BCUT2D eigenvalue weighted by molar-refractivity contribution is 1.29. The van der Waals surface area contributed by atoms with E-state index in [-0.39, 0.29) is 0 Å². The first kappa shape index (κ1) is 40.8. The minimum atomic E-state index is -2.22. The summed E-state index contributed by atoms with van der Waals surface area (Å²) in [5.41, 5.74) is 18.1. The highest BCUT2D eigenvalue weighted by Crippen LogP contribution is 2.50. The fourth-order valence-electron chi connectivity index (χ4n) is 14.9. The van der Waals surface area contributed by atoms with Crippen molar-refractivity contribution < 1.29 is 0 Å². The van der Waals surface area contributed by atoms with E-state index < -0.39 is 16.1 Å². The fourth-order valence-corrected chi connectivity index (χ4v) is 24.1. The Morgan fingerprint density at radius 2 is 0.608 bits per heavy atom. The summed E-state index contributed by atoms with van der Waals surface area (Å²) in [4.78, 5) is 5.06. The molecule has 0 aliphatic carbocycles. The van der Waals surface area contributed by atoms with E-state index in [9.17, 15) is 0 Å². The van der Waals surface area contributed by atoms with Gasteiger partial charge in [0.2, 0.25) is 0 Å². The third kappa shape index (κ3) is 5.00. The first-order chi connectivity index (χ1) is 36.5. The molecule has 0 N–H and O–H groups in total. The van der Waals surface area contributed by atoms with Gasteiger partial charge in [-0.1, -0.05) is 207 Å². The second-order valence-corrected chi connectivity index (χ2v) is 29.0. The van der Waals surface area contributed by atoms with Gasteiger partial charge in [-0.3, -0.25) is 0 Å². The molecular formula is C70H46N2Si2. The van der Waals surface area contributed by atoms with Crippen LogP contribution >= 0.6 is 0 Å². The lowest BCUT2D eigenvalue weighted by Gasteiger charge is -2.41. The van der Waals surface area contributed by atoms with Crippen LogP contribution < -0.4 is 40.9 Å². The SMILES string of the molecule is C[Si]12c3ccccc3-c3cccc(c31)N(c1ccc(-c3ccc4ccc5ccc(-c6ccc(N7c8ccccc8[Si]8(C)c9ccccc9-c9cccc7c98)cc6)c6c7ccccc7c3c4c56)cc1)c1ccccc12. The van der Waals surface area contributed by atoms with E-state index in [0.29, 0.717) is 0 Å². The van der Waals surface area contributed by atoms with Crippen LogP contribution in [-0.4, -0.2) is 16.1 Å². The predicted octanol–water partition coefficient (Wildman–Crippen LogP) is 14.8. The third-order valence-electron chi connectivity index (χ3n) is 18.0. The molecule has 0 amide bonds. The largest absolute Gasteiger partial charge is 0.311 e. The number of hydrogen-bond acceptors (Lipinski definition) is 2. The minimum absolute atomic E-state index is 1.18. The number of para-hydroxylation sites is 2. The van der Waals surface area contributed by atoms with Crippen LogP contribution in [0.15, 0.2) is 243 Å². The molecule has 4 heteroatoms. The van der Waals surface area contributed by atoms with Crippen LogP contribution in [0.3, 0.4) is 0 Å². The first-order valence-corrected chi connectivity index (χ1v) is 31.1. The maximum atomic E-state index is 2.57. The zero-order valence-corrected chi connectivity index (χ0v) is 43.0. The van der Waals surface area contributed by atoms with Crippen molar-refractivity contribution in [3.8, 4) is 44.5 Å². The normalized spacial score (nSPS) is 17.4. The molecule has 74 heavy (non-hydrogen) atoms. The lowest BCUT2D eigenvalue weighted by Crippen LogP contribution is -2.66. The number of rotatable bonds is 4. The van der Waals surface area contributed by atoms with Crippen molar-refractivity contribution in [1.29, 1.82) is 0 Å². The molecule has 0 fully saturated rings. The van der Waals surface area contributed by atoms with Gasteiger partial charge in [0.1, 0.15) is 0 Å². The molecule has 17 rings (SSSR count). The molecule has 0 spiro atoms. The van der Waals surface area contributed by atoms with Crippen LogP contribution in [0.4, 0.5) is 34.1 Å². The number of nitrogens with zero attached hydrogens (tertiary/aromatic N) is 2. The van der Waals surface area contributed by atoms with Gasteiger partial charge >= 0.3 is 0 Å². The Balaban J connectivity index is 0.802. The van der Waals surface area contributed by atoms with Crippen LogP contribution in [0.25, 0.3) is 87.6 Å². The average molecular weight is 971 g/mol. The summed E-state index contributed by atoms with van der Waals surface area (Å²) in [5, 5.41) is 19.5.